The maximum atomic E-state index is 11.7. The third-order valence-electron chi connectivity index (χ3n) is 2.56. The van der Waals surface area contributed by atoms with Gasteiger partial charge in [-0.25, -0.2) is 0 Å². The molecule has 86 valence electrons. The average Bonchev–Trinajstić information content (AvgIpc) is 2.63. The SMILES string of the molecule is O=C1CC(CCl)CN1c1cc(Cl)c[nH]c1=O. The average molecular weight is 261 g/mol. The number of carbonyl (C=O) groups is 1. The van der Waals surface area contributed by atoms with Gasteiger partial charge in [0.05, 0.1) is 5.02 Å². The topological polar surface area (TPSA) is 53.2 Å². The quantitative estimate of drug-likeness (QED) is 0.822. The lowest BCUT2D eigenvalue weighted by Gasteiger charge is -2.15. The monoisotopic (exact) mass is 260 g/mol. The van der Waals surface area contributed by atoms with Crippen molar-refractivity contribution in [2.75, 3.05) is 17.3 Å². The summed E-state index contributed by atoms with van der Waals surface area (Å²) in [7, 11) is 0. The van der Waals surface area contributed by atoms with Gasteiger partial charge in [-0.1, -0.05) is 11.6 Å². The fraction of sp³-hybridized carbons (Fsp3) is 0.400. The van der Waals surface area contributed by atoms with Crippen LogP contribution in [0.4, 0.5) is 5.69 Å². The number of amides is 1. The molecule has 0 bridgehead atoms. The van der Waals surface area contributed by atoms with E-state index in [0.29, 0.717) is 29.6 Å². The van der Waals surface area contributed by atoms with Gasteiger partial charge in [-0.05, 0) is 12.0 Å². The predicted octanol–water partition coefficient (Wildman–Crippen LogP) is 1.62. The van der Waals surface area contributed by atoms with Crippen molar-refractivity contribution in [3.05, 3.63) is 27.6 Å². The molecule has 1 aliphatic heterocycles. The van der Waals surface area contributed by atoms with Crippen molar-refractivity contribution >= 4 is 34.8 Å². The van der Waals surface area contributed by atoms with E-state index in [-0.39, 0.29) is 17.4 Å². The molecule has 2 heterocycles. The van der Waals surface area contributed by atoms with Gasteiger partial charge in [-0.15, -0.1) is 11.6 Å². The van der Waals surface area contributed by atoms with Crippen LogP contribution in [-0.4, -0.2) is 23.3 Å². The first-order valence-corrected chi connectivity index (χ1v) is 5.77. The van der Waals surface area contributed by atoms with Crippen molar-refractivity contribution in [1.29, 1.82) is 0 Å². The van der Waals surface area contributed by atoms with E-state index >= 15 is 0 Å². The smallest absolute Gasteiger partial charge is 0.272 e. The van der Waals surface area contributed by atoms with E-state index in [1.807, 2.05) is 0 Å². The minimum Gasteiger partial charge on any atom is -0.326 e. The molecule has 1 unspecified atom stereocenters. The fourth-order valence-electron chi connectivity index (χ4n) is 1.76. The molecule has 16 heavy (non-hydrogen) atoms. The Balaban J connectivity index is 2.34. The number of rotatable bonds is 2. The third kappa shape index (κ3) is 2.08. The van der Waals surface area contributed by atoms with Gasteiger partial charge in [0.1, 0.15) is 5.69 Å². The van der Waals surface area contributed by atoms with Crippen LogP contribution in [0.25, 0.3) is 0 Å². The Morgan fingerprint density at radius 3 is 2.88 bits per heavy atom. The van der Waals surface area contributed by atoms with Crippen LogP contribution in [0.5, 0.6) is 0 Å². The number of halogens is 2. The van der Waals surface area contributed by atoms with Crippen LogP contribution in [0.15, 0.2) is 17.1 Å². The molecule has 0 spiro atoms. The molecule has 1 aliphatic rings. The van der Waals surface area contributed by atoms with E-state index in [1.54, 1.807) is 0 Å². The van der Waals surface area contributed by atoms with E-state index in [4.69, 9.17) is 23.2 Å². The Hall–Kier alpha value is -1.00. The van der Waals surface area contributed by atoms with Gasteiger partial charge >= 0.3 is 0 Å². The number of aromatic amines is 1. The van der Waals surface area contributed by atoms with E-state index in [9.17, 15) is 9.59 Å². The molecule has 1 amide bonds. The highest BCUT2D eigenvalue weighted by Crippen LogP contribution is 2.24. The molecular formula is C10H10Cl2N2O2. The Kier molecular flexibility index (Phi) is 3.21. The lowest BCUT2D eigenvalue weighted by molar-refractivity contribution is -0.117. The summed E-state index contributed by atoms with van der Waals surface area (Å²) in [6, 6.07) is 1.49. The Morgan fingerprint density at radius 1 is 1.50 bits per heavy atom. The summed E-state index contributed by atoms with van der Waals surface area (Å²) < 4.78 is 0. The summed E-state index contributed by atoms with van der Waals surface area (Å²) >= 11 is 11.5. The number of hydrogen-bond donors (Lipinski definition) is 1. The van der Waals surface area contributed by atoms with Gasteiger partial charge in [-0.3, -0.25) is 9.59 Å². The number of hydrogen-bond acceptors (Lipinski definition) is 2. The van der Waals surface area contributed by atoms with Crippen LogP contribution in [0, 0.1) is 5.92 Å². The number of pyridine rings is 1. The first-order valence-electron chi connectivity index (χ1n) is 4.86. The van der Waals surface area contributed by atoms with Crippen LogP contribution in [0.1, 0.15) is 6.42 Å². The molecule has 0 aromatic carbocycles. The predicted molar refractivity (Wildman–Crippen MR) is 63.3 cm³/mol. The lowest BCUT2D eigenvalue weighted by Crippen LogP contribution is -2.30. The number of alkyl halides is 1. The number of anilines is 1. The van der Waals surface area contributed by atoms with Gasteiger partial charge < -0.3 is 9.88 Å². The number of nitrogens with zero attached hydrogens (tertiary/aromatic N) is 1. The molecular weight excluding hydrogens is 251 g/mol. The molecule has 2 rings (SSSR count). The van der Waals surface area contributed by atoms with Crippen LogP contribution in [0.3, 0.4) is 0 Å². The summed E-state index contributed by atoms with van der Waals surface area (Å²) in [5.74, 6) is 0.437. The normalized spacial score (nSPS) is 20.5. The summed E-state index contributed by atoms with van der Waals surface area (Å²) in [5.41, 5.74) is -0.0157. The molecule has 1 aromatic heterocycles. The molecule has 0 aliphatic carbocycles. The largest absolute Gasteiger partial charge is 0.326 e. The zero-order valence-corrected chi connectivity index (χ0v) is 9.88. The van der Waals surface area contributed by atoms with Crippen molar-refractivity contribution in [3.8, 4) is 0 Å². The molecule has 1 aromatic rings. The van der Waals surface area contributed by atoms with E-state index in [1.165, 1.54) is 17.2 Å². The van der Waals surface area contributed by atoms with Crippen molar-refractivity contribution in [3.63, 3.8) is 0 Å². The third-order valence-corrected chi connectivity index (χ3v) is 3.22. The second-order valence-corrected chi connectivity index (χ2v) is 4.51. The van der Waals surface area contributed by atoms with Gasteiger partial charge in [-0.2, -0.15) is 0 Å². The van der Waals surface area contributed by atoms with Crippen LogP contribution >= 0.6 is 23.2 Å². The highest BCUT2D eigenvalue weighted by Gasteiger charge is 2.31. The van der Waals surface area contributed by atoms with Gasteiger partial charge in [0.2, 0.25) is 5.91 Å². The van der Waals surface area contributed by atoms with E-state index < -0.39 is 0 Å². The maximum absolute atomic E-state index is 11.7. The molecule has 1 fully saturated rings. The summed E-state index contributed by atoms with van der Waals surface area (Å²) in [6.45, 7) is 0.478. The molecule has 4 nitrogen and oxygen atoms in total. The Bertz CT molecular complexity index is 472. The minimum atomic E-state index is -0.312. The van der Waals surface area contributed by atoms with Crippen LogP contribution in [0.2, 0.25) is 5.02 Å². The minimum absolute atomic E-state index is 0.0848. The van der Waals surface area contributed by atoms with Gasteiger partial charge in [0.25, 0.3) is 5.56 Å². The molecule has 6 heteroatoms. The van der Waals surface area contributed by atoms with Gasteiger partial charge in [0, 0.05) is 25.0 Å². The van der Waals surface area contributed by atoms with E-state index in [0.717, 1.165) is 0 Å². The van der Waals surface area contributed by atoms with Crippen molar-refractivity contribution in [2.24, 2.45) is 5.92 Å². The fourth-order valence-corrected chi connectivity index (χ4v) is 2.13. The Morgan fingerprint density at radius 2 is 2.25 bits per heavy atom. The highest BCUT2D eigenvalue weighted by molar-refractivity contribution is 6.30. The second kappa shape index (κ2) is 4.47. The van der Waals surface area contributed by atoms with Crippen molar-refractivity contribution in [2.45, 2.75) is 6.42 Å². The van der Waals surface area contributed by atoms with E-state index in [2.05, 4.69) is 4.98 Å². The zero-order valence-electron chi connectivity index (χ0n) is 8.37. The highest BCUT2D eigenvalue weighted by atomic mass is 35.5. The number of carbonyl (C=O) groups excluding carboxylic acids is 1. The first-order chi connectivity index (χ1) is 7.61. The zero-order chi connectivity index (χ0) is 11.7. The molecule has 1 saturated heterocycles. The van der Waals surface area contributed by atoms with Crippen LogP contribution in [-0.2, 0) is 4.79 Å². The van der Waals surface area contributed by atoms with Crippen LogP contribution < -0.4 is 10.5 Å². The van der Waals surface area contributed by atoms with Gasteiger partial charge in [0.15, 0.2) is 0 Å². The summed E-state index contributed by atoms with van der Waals surface area (Å²) in [6.07, 6.45) is 1.78. The Labute approximate surface area is 102 Å². The summed E-state index contributed by atoms with van der Waals surface area (Å²) in [4.78, 5) is 27.2. The summed E-state index contributed by atoms with van der Waals surface area (Å²) in [5, 5.41) is 0.400. The number of nitrogens with one attached hydrogen (secondary N) is 1. The molecule has 0 radical (unpaired) electrons. The second-order valence-electron chi connectivity index (χ2n) is 3.76. The number of aromatic nitrogens is 1. The molecule has 0 saturated carbocycles. The lowest BCUT2D eigenvalue weighted by atomic mass is 10.1. The van der Waals surface area contributed by atoms with Crippen molar-refractivity contribution < 1.29 is 4.79 Å². The number of H-pyrrole nitrogens is 1. The maximum Gasteiger partial charge on any atom is 0.272 e. The molecule has 1 N–H and O–H groups in total. The molecule has 1 atom stereocenters. The van der Waals surface area contributed by atoms with Crippen molar-refractivity contribution in [1.82, 2.24) is 4.98 Å². The first kappa shape index (κ1) is 11.5. The standard InChI is InChI=1S/C10H10Cl2N2O2/c11-3-6-1-9(15)14(5-6)8-2-7(12)4-13-10(8)16/h2,4,6H,1,3,5H2,(H,13,16).